The second-order valence-electron chi connectivity index (χ2n) is 5.82. The topological polar surface area (TPSA) is 59.6 Å². The largest absolute Gasteiger partial charge is 0.493 e. The maximum atomic E-state index is 12.4. The summed E-state index contributed by atoms with van der Waals surface area (Å²) in [5.41, 5.74) is 2.55. The first-order valence-corrected chi connectivity index (χ1v) is 10.4. The van der Waals surface area contributed by atoms with Gasteiger partial charge in [-0.25, -0.2) is 0 Å². The van der Waals surface area contributed by atoms with E-state index in [9.17, 15) is 4.79 Å². The van der Waals surface area contributed by atoms with Crippen molar-refractivity contribution in [1.82, 2.24) is 5.32 Å². The highest BCUT2D eigenvalue weighted by atomic mass is 127. The van der Waals surface area contributed by atoms with Crippen molar-refractivity contribution >= 4 is 63.6 Å². The van der Waals surface area contributed by atoms with Crippen LogP contribution in [0.3, 0.4) is 0 Å². The number of carbonyl (C=O) groups excluding carboxylic acids is 1. The Bertz CT molecular complexity index is 920. The molecular weight excluding hydrogens is 499 g/mol. The van der Waals surface area contributed by atoms with Gasteiger partial charge in [0.05, 0.1) is 22.7 Å². The molecule has 0 saturated carbocycles. The molecule has 5 nitrogen and oxygen atoms in total. The van der Waals surface area contributed by atoms with Gasteiger partial charge in [-0.3, -0.25) is 4.79 Å². The van der Waals surface area contributed by atoms with Crippen molar-refractivity contribution < 1.29 is 14.3 Å². The van der Waals surface area contributed by atoms with Crippen molar-refractivity contribution in [2.75, 3.05) is 19.5 Å². The molecule has 0 spiro atoms. The van der Waals surface area contributed by atoms with Crippen LogP contribution in [0.25, 0.3) is 6.08 Å². The lowest BCUT2D eigenvalue weighted by Crippen LogP contribution is -2.31. The van der Waals surface area contributed by atoms with Crippen LogP contribution in [0.2, 0.25) is 5.02 Å². The lowest BCUT2D eigenvalue weighted by molar-refractivity contribution is -0.116. The van der Waals surface area contributed by atoms with Gasteiger partial charge in [-0.15, -0.1) is 0 Å². The fourth-order valence-electron chi connectivity index (χ4n) is 2.63. The van der Waals surface area contributed by atoms with Gasteiger partial charge < -0.3 is 20.1 Å². The molecule has 2 aromatic carbocycles. The number of amides is 1. The summed E-state index contributed by atoms with van der Waals surface area (Å²) in [6.45, 7) is 1.99. The molecule has 1 heterocycles. The first-order chi connectivity index (χ1) is 12.9. The standard InChI is InChI=1S/C19H18ClIN2O3S/c1-10-4-5-12(20)9-14(10)22-19-23-18(24)16(27-19)8-11-6-13(21)17(26-3)15(7-11)25-2/h4-9,19,22H,1-3H3,(H,23,24)/b16-8-. The number of benzene rings is 2. The van der Waals surface area contributed by atoms with Crippen LogP contribution in [-0.4, -0.2) is 25.6 Å². The number of halogens is 2. The minimum absolute atomic E-state index is 0.123. The first kappa shape index (κ1) is 20.2. The molecule has 3 rings (SSSR count). The monoisotopic (exact) mass is 516 g/mol. The van der Waals surface area contributed by atoms with Gasteiger partial charge in [0.1, 0.15) is 0 Å². The average Bonchev–Trinajstić information content (AvgIpc) is 2.96. The minimum atomic E-state index is -0.264. The molecule has 142 valence electrons. The number of rotatable bonds is 5. The molecule has 0 bridgehead atoms. The molecule has 0 aliphatic carbocycles. The summed E-state index contributed by atoms with van der Waals surface area (Å²) in [6.07, 6.45) is 1.84. The fraction of sp³-hybridized carbons (Fsp3) is 0.211. The van der Waals surface area contributed by atoms with E-state index in [4.69, 9.17) is 21.1 Å². The van der Waals surface area contributed by atoms with Crippen molar-refractivity contribution in [3.8, 4) is 11.5 Å². The second-order valence-corrected chi connectivity index (χ2v) is 8.57. The molecule has 1 aliphatic heterocycles. The van der Waals surface area contributed by atoms with Crippen LogP contribution in [0, 0.1) is 10.5 Å². The van der Waals surface area contributed by atoms with Gasteiger partial charge in [-0.2, -0.15) is 0 Å². The van der Waals surface area contributed by atoms with Crippen LogP contribution in [0.5, 0.6) is 11.5 Å². The quantitative estimate of drug-likeness (QED) is 0.439. The number of carbonyl (C=O) groups is 1. The first-order valence-electron chi connectivity index (χ1n) is 8.04. The third-order valence-corrected chi connectivity index (χ3v) is 6.04. The summed E-state index contributed by atoms with van der Waals surface area (Å²) in [7, 11) is 3.20. The molecule has 8 heteroatoms. The molecule has 1 aliphatic rings. The molecule has 0 aromatic heterocycles. The van der Waals surface area contributed by atoms with Crippen LogP contribution in [-0.2, 0) is 4.79 Å². The summed E-state index contributed by atoms with van der Waals surface area (Å²) in [5.74, 6) is 1.19. The number of nitrogens with one attached hydrogen (secondary N) is 2. The Morgan fingerprint density at radius 2 is 2.04 bits per heavy atom. The minimum Gasteiger partial charge on any atom is -0.493 e. The zero-order valence-electron chi connectivity index (χ0n) is 14.9. The van der Waals surface area contributed by atoms with Crippen LogP contribution in [0.1, 0.15) is 11.1 Å². The maximum Gasteiger partial charge on any atom is 0.260 e. The highest BCUT2D eigenvalue weighted by Crippen LogP contribution is 2.36. The van der Waals surface area contributed by atoms with Gasteiger partial charge in [0.15, 0.2) is 17.0 Å². The number of thioether (sulfide) groups is 1. The number of aryl methyl sites for hydroxylation is 1. The smallest absolute Gasteiger partial charge is 0.260 e. The van der Waals surface area contributed by atoms with Gasteiger partial charge in [-0.1, -0.05) is 29.4 Å². The zero-order chi connectivity index (χ0) is 19.6. The van der Waals surface area contributed by atoms with Crippen molar-refractivity contribution in [3.05, 3.63) is 55.0 Å². The highest BCUT2D eigenvalue weighted by molar-refractivity contribution is 14.1. The Morgan fingerprint density at radius 3 is 2.74 bits per heavy atom. The highest BCUT2D eigenvalue weighted by Gasteiger charge is 2.27. The fourth-order valence-corrected chi connectivity index (χ4v) is 4.62. The number of ether oxygens (including phenoxy) is 2. The number of methoxy groups -OCH3 is 2. The molecular formula is C19H18ClIN2O3S. The van der Waals surface area contributed by atoms with E-state index in [0.717, 1.165) is 20.4 Å². The average molecular weight is 517 g/mol. The van der Waals surface area contributed by atoms with Crippen LogP contribution >= 0.6 is 46.0 Å². The zero-order valence-corrected chi connectivity index (χ0v) is 18.7. The summed E-state index contributed by atoms with van der Waals surface area (Å²) in [4.78, 5) is 13.0. The van der Waals surface area contributed by atoms with E-state index in [1.165, 1.54) is 11.8 Å². The van der Waals surface area contributed by atoms with Crippen LogP contribution in [0.15, 0.2) is 35.2 Å². The van der Waals surface area contributed by atoms with Crippen molar-refractivity contribution in [1.29, 1.82) is 0 Å². The summed E-state index contributed by atoms with van der Waals surface area (Å²) >= 11 is 9.68. The Kier molecular flexibility index (Phi) is 6.44. The van der Waals surface area contributed by atoms with Gasteiger partial charge in [0, 0.05) is 10.7 Å². The van der Waals surface area contributed by atoms with E-state index in [2.05, 4.69) is 33.2 Å². The second kappa shape index (κ2) is 8.62. The van der Waals surface area contributed by atoms with Crippen LogP contribution in [0.4, 0.5) is 5.69 Å². The molecule has 1 unspecified atom stereocenters. The Labute approximate surface area is 181 Å². The molecule has 1 amide bonds. The lowest BCUT2D eigenvalue weighted by atomic mass is 10.2. The van der Waals surface area contributed by atoms with Gasteiger partial charge in [0.2, 0.25) is 0 Å². The number of hydrogen-bond acceptors (Lipinski definition) is 5. The summed E-state index contributed by atoms with van der Waals surface area (Å²) in [5, 5.41) is 6.88. The molecule has 2 aromatic rings. The van der Waals surface area contributed by atoms with Crippen molar-refractivity contribution in [3.63, 3.8) is 0 Å². The van der Waals surface area contributed by atoms with E-state index in [0.29, 0.717) is 21.4 Å². The van der Waals surface area contributed by atoms with Gasteiger partial charge in [-0.05, 0) is 71.0 Å². The molecule has 0 radical (unpaired) electrons. The Morgan fingerprint density at radius 1 is 1.26 bits per heavy atom. The molecule has 1 fully saturated rings. The third kappa shape index (κ3) is 4.64. The SMILES string of the molecule is COc1cc(/C=C2\SC(Nc3cc(Cl)ccc3C)NC2=O)cc(I)c1OC. The maximum absolute atomic E-state index is 12.4. The van der Waals surface area contributed by atoms with Crippen molar-refractivity contribution in [2.45, 2.75) is 12.4 Å². The van der Waals surface area contributed by atoms with Crippen LogP contribution < -0.4 is 20.1 Å². The van der Waals surface area contributed by atoms with E-state index in [1.54, 1.807) is 14.2 Å². The van der Waals surface area contributed by atoms with E-state index in [-0.39, 0.29) is 11.4 Å². The number of anilines is 1. The van der Waals surface area contributed by atoms with Gasteiger partial charge >= 0.3 is 0 Å². The lowest BCUT2D eigenvalue weighted by Gasteiger charge is -2.15. The predicted molar refractivity (Wildman–Crippen MR) is 120 cm³/mol. The summed E-state index contributed by atoms with van der Waals surface area (Å²) in [6, 6.07) is 9.43. The Balaban J connectivity index is 1.81. The molecule has 1 atom stereocenters. The van der Waals surface area contributed by atoms with E-state index in [1.807, 2.05) is 43.3 Å². The molecule has 1 saturated heterocycles. The molecule has 2 N–H and O–H groups in total. The predicted octanol–water partition coefficient (Wildman–Crippen LogP) is 4.87. The van der Waals surface area contributed by atoms with E-state index >= 15 is 0 Å². The number of hydrogen-bond donors (Lipinski definition) is 2. The normalized spacial score (nSPS) is 17.7. The van der Waals surface area contributed by atoms with E-state index < -0.39 is 0 Å². The summed E-state index contributed by atoms with van der Waals surface area (Å²) < 4.78 is 11.7. The van der Waals surface area contributed by atoms with Crippen molar-refractivity contribution in [2.24, 2.45) is 0 Å². The Hall–Kier alpha value is -1.58. The third-order valence-electron chi connectivity index (χ3n) is 3.97. The van der Waals surface area contributed by atoms with Gasteiger partial charge in [0.25, 0.3) is 5.91 Å². The molecule has 27 heavy (non-hydrogen) atoms.